The van der Waals surface area contributed by atoms with Crippen LogP contribution < -0.4 is 17.0 Å². The van der Waals surface area contributed by atoms with Crippen molar-refractivity contribution >= 4 is 6.08 Å². The molecule has 0 bridgehead atoms. The van der Waals surface area contributed by atoms with Gasteiger partial charge in [-0.2, -0.15) is 4.57 Å². The number of unbranched alkanes of at least 4 members (excludes halogenated alkanes) is 6. The molecule has 0 spiro atoms. The lowest BCUT2D eigenvalue weighted by Gasteiger charge is -2.06. The Morgan fingerprint density at radius 3 is 2.59 bits per heavy atom. The molecule has 0 amide bonds. The number of halogens is 1. The van der Waals surface area contributed by atoms with Gasteiger partial charge < -0.3 is 12.4 Å². The molecule has 0 saturated heterocycles. The summed E-state index contributed by atoms with van der Waals surface area (Å²) in [7, 11) is 0. The van der Waals surface area contributed by atoms with Crippen LogP contribution in [0.5, 0.6) is 0 Å². The van der Waals surface area contributed by atoms with E-state index < -0.39 is 0 Å². The van der Waals surface area contributed by atoms with E-state index in [1.54, 1.807) is 0 Å². The smallest absolute Gasteiger partial charge is 0.185 e. The molecule has 2 rings (SSSR count). The van der Waals surface area contributed by atoms with Gasteiger partial charge in [0.25, 0.3) is 0 Å². The van der Waals surface area contributed by atoms with Crippen LogP contribution in [-0.4, -0.2) is 0 Å². The van der Waals surface area contributed by atoms with Crippen LogP contribution in [0.15, 0.2) is 12.1 Å². The van der Waals surface area contributed by atoms with Crippen LogP contribution in [0.1, 0.15) is 80.8 Å². The average molecular weight is 322 g/mol. The Morgan fingerprint density at radius 1 is 1.09 bits per heavy atom. The minimum Gasteiger partial charge on any atom is -1.00 e. The standard InChI is InChI=1S/C20H32N.ClH/c1-4-5-6-7-8-9-10-11-14-20-17(2)16-19-13-12-15-21(19)18(20)3;/h11,14,16H,4-10,12-13,15H2,1-3H3;1H/q+1;/p-1/b14-11-;. The topological polar surface area (TPSA) is 3.88 Å². The first-order valence-corrected chi connectivity index (χ1v) is 8.93. The molecule has 0 fully saturated rings. The summed E-state index contributed by atoms with van der Waals surface area (Å²) in [5.74, 6) is 0. The molecule has 0 radical (unpaired) electrons. The van der Waals surface area contributed by atoms with Crippen molar-refractivity contribution in [2.75, 3.05) is 0 Å². The second kappa shape index (κ2) is 10.0. The van der Waals surface area contributed by atoms with Crippen molar-refractivity contribution in [3.05, 3.63) is 34.7 Å². The lowest BCUT2D eigenvalue weighted by molar-refractivity contribution is -0.696. The molecule has 2 heterocycles. The van der Waals surface area contributed by atoms with E-state index in [1.165, 1.54) is 86.8 Å². The van der Waals surface area contributed by atoms with Crippen molar-refractivity contribution in [2.45, 2.75) is 85.1 Å². The van der Waals surface area contributed by atoms with Crippen LogP contribution in [0.3, 0.4) is 0 Å². The van der Waals surface area contributed by atoms with Crippen molar-refractivity contribution in [1.82, 2.24) is 0 Å². The minimum atomic E-state index is 0. The van der Waals surface area contributed by atoms with Crippen molar-refractivity contribution in [2.24, 2.45) is 0 Å². The maximum atomic E-state index is 2.51. The van der Waals surface area contributed by atoms with E-state index in [0.717, 1.165) is 0 Å². The summed E-state index contributed by atoms with van der Waals surface area (Å²) < 4.78 is 2.51. The first kappa shape index (κ1) is 19.2. The predicted octanol–water partition coefficient (Wildman–Crippen LogP) is 2.30. The fraction of sp³-hybridized carbons (Fsp3) is 0.650. The summed E-state index contributed by atoms with van der Waals surface area (Å²) in [4.78, 5) is 0. The largest absolute Gasteiger partial charge is 1.00 e. The fourth-order valence-corrected chi connectivity index (χ4v) is 3.48. The van der Waals surface area contributed by atoms with E-state index in [0.29, 0.717) is 0 Å². The number of fused-ring (bicyclic) bond motifs is 1. The summed E-state index contributed by atoms with van der Waals surface area (Å²) in [6.07, 6.45) is 16.8. The maximum absolute atomic E-state index is 2.51. The normalized spacial score (nSPS) is 13.4. The third-order valence-electron chi connectivity index (χ3n) is 4.77. The molecular formula is C20H32ClN. The molecule has 0 aromatic carbocycles. The van der Waals surface area contributed by atoms with Crippen LogP contribution in [-0.2, 0) is 13.0 Å². The quantitative estimate of drug-likeness (QED) is 0.511. The highest BCUT2D eigenvalue weighted by Gasteiger charge is 2.23. The van der Waals surface area contributed by atoms with Crippen LogP contribution in [0.4, 0.5) is 0 Å². The number of allylic oxidation sites excluding steroid dienone is 1. The molecule has 124 valence electrons. The molecule has 2 heteroatoms. The number of hydrogen-bond acceptors (Lipinski definition) is 0. The Labute approximate surface area is 143 Å². The zero-order valence-electron chi connectivity index (χ0n) is 14.6. The van der Waals surface area contributed by atoms with Gasteiger partial charge in [0, 0.05) is 31.4 Å². The highest BCUT2D eigenvalue weighted by atomic mass is 35.5. The number of aromatic nitrogens is 1. The van der Waals surface area contributed by atoms with Crippen LogP contribution in [0.2, 0.25) is 0 Å². The summed E-state index contributed by atoms with van der Waals surface area (Å²) in [6.45, 7) is 8.03. The molecule has 22 heavy (non-hydrogen) atoms. The molecule has 0 aliphatic carbocycles. The molecule has 1 aromatic heterocycles. The van der Waals surface area contributed by atoms with E-state index in [9.17, 15) is 0 Å². The molecule has 0 saturated carbocycles. The number of hydrogen-bond donors (Lipinski definition) is 0. The monoisotopic (exact) mass is 321 g/mol. The van der Waals surface area contributed by atoms with E-state index >= 15 is 0 Å². The zero-order chi connectivity index (χ0) is 15.1. The van der Waals surface area contributed by atoms with Gasteiger partial charge in [0.2, 0.25) is 0 Å². The molecule has 1 aliphatic heterocycles. The highest BCUT2D eigenvalue weighted by Crippen LogP contribution is 2.18. The lowest BCUT2D eigenvalue weighted by atomic mass is 10.0. The second-order valence-electron chi connectivity index (χ2n) is 6.53. The first-order chi connectivity index (χ1) is 10.2. The Balaban J connectivity index is 0.00000242. The first-order valence-electron chi connectivity index (χ1n) is 8.93. The van der Waals surface area contributed by atoms with Gasteiger partial charge in [0.1, 0.15) is 6.54 Å². The molecular weight excluding hydrogens is 290 g/mol. The molecule has 0 unspecified atom stereocenters. The Kier molecular flexibility index (Phi) is 8.78. The van der Waals surface area contributed by atoms with Crippen LogP contribution in [0.25, 0.3) is 6.08 Å². The number of aryl methyl sites for hydroxylation is 2. The van der Waals surface area contributed by atoms with Gasteiger partial charge in [-0.05, 0) is 25.3 Å². The van der Waals surface area contributed by atoms with Crippen molar-refractivity contribution in [3.63, 3.8) is 0 Å². The Hall–Kier alpha value is -0.820. The van der Waals surface area contributed by atoms with E-state index in [4.69, 9.17) is 0 Å². The van der Waals surface area contributed by atoms with Crippen LogP contribution in [0, 0.1) is 13.8 Å². The van der Waals surface area contributed by atoms with E-state index in [2.05, 4.69) is 43.6 Å². The Morgan fingerprint density at radius 2 is 1.82 bits per heavy atom. The SMILES string of the molecule is CCCCCCCC/C=C\c1c(C)cc2[n+](c1C)CCC2.[Cl-]. The van der Waals surface area contributed by atoms with Gasteiger partial charge in [0.15, 0.2) is 11.4 Å². The van der Waals surface area contributed by atoms with Gasteiger partial charge in [-0.3, -0.25) is 0 Å². The molecule has 1 aromatic rings. The molecule has 1 aliphatic rings. The van der Waals surface area contributed by atoms with Gasteiger partial charge >= 0.3 is 0 Å². The second-order valence-corrected chi connectivity index (χ2v) is 6.53. The van der Waals surface area contributed by atoms with E-state index in [1.807, 2.05) is 0 Å². The highest BCUT2D eigenvalue weighted by molar-refractivity contribution is 5.54. The maximum Gasteiger partial charge on any atom is 0.185 e. The molecule has 0 atom stereocenters. The van der Waals surface area contributed by atoms with Gasteiger partial charge in [-0.1, -0.05) is 51.2 Å². The van der Waals surface area contributed by atoms with Crippen molar-refractivity contribution in [1.29, 1.82) is 0 Å². The lowest BCUT2D eigenvalue weighted by Crippen LogP contribution is -3.00. The predicted molar refractivity (Wildman–Crippen MR) is 91.5 cm³/mol. The number of rotatable bonds is 8. The number of nitrogens with zero attached hydrogens (tertiary/aromatic N) is 1. The summed E-state index contributed by atoms with van der Waals surface area (Å²) in [6, 6.07) is 2.39. The molecule has 0 N–H and O–H groups in total. The molecule has 1 nitrogen and oxygen atoms in total. The van der Waals surface area contributed by atoms with E-state index in [-0.39, 0.29) is 12.4 Å². The zero-order valence-corrected chi connectivity index (χ0v) is 15.4. The van der Waals surface area contributed by atoms with Gasteiger partial charge in [-0.25, -0.2) is 0 Å². The van der Waals surface area contributed by atoms with Gasteiger partial charge in [0.05, 0.1) is 0 Å². The average Bonchev–Trinajstić information content (AvgIpc) is 2.93. The van der Waals surface area contributed by atoms with Gasteiger partial charge in [-0.15, -0.1) is 0 Å². The van der Waals surface area contributed by atoms with Crippen molar-refractivity contribution in [3.8, 4) is 0 Å². The third kappa shape index (κ3) is 5.12. The fourth-order valence-electron chi connectivity index (χ4n) is 3.48. The summed E-state index contributed by atoms with van der Waals surface area (Å²) in [5, 5.41) is 0. The number of pyridine rings is 1. The Bertz CT molecular complexity index is 491. The summed E-state index contributed by atoms with van der Waals surface area (Å²) in [5.41, 5.74) is 5.88. The third-order valence-corrected chi connectivity index (χ3v) is 4.77. The minimum absolute atomic E-state index is 0. The summed E-state index contributed by atoms with van der Waals surface area (Å²) >= 11 is 0. The van der Waals surface area contributed by atoms with Crippen molar-refractivity contribution < 1.29 is 17.0 Å². The van der Waals surface area contributed by atoms with Crippen LogP contribution >= 0.6 is 0 Å².